The van der Waals surface area contributed by atoms with E-state index < -0.39 is 0 Å². The van der Waals surface area contributed by atoms with Gasteiger partial charge in [-0.05, 0) is 77.0 Å². The number of amides is 1. The number of hydrogen-bond donors (Lipinski definition) is 1. The summed E-state index contributed by atoms with van der Waals surface area (Å²) in [6.07, 6.45) is 7.92. The van der Waals surface area contributed by atoms with Crippen molar-refractivity contribution in [3.63, 3.8) is 0 Å². The SMILES string of the molecule is CCN1CCCC1CN(CC1CCN(CCOC)CC1)C(=O)c1n[nH]c2c1CCC2. The van der Waals surface area contributed by atoms with Crippen LogP contribution in [-0.2, 0) is 17.6 Å². The smallest absolute Gasteiger partial charge is 0.274 e. The number of aromatic amines is 1. The van der Waals surface area contributed by atoms with Crippen LogP contribution in [-0.4, -0.2) is 96.4 Å². The highest BCUT2D eigenvalue weighted by Crippen LogP contribution is 2.26. The van der Waals surface area contributed by atoms with E-state index in [2.05, 4.69) is 31.8 Å². The lowest BCUT2D eigenvalue weighted by Crippen LogP contribution is -2.47. The van der Waals surface area contributed by atoms with Gasteiger partial charge in [0.25, 0.3) is 5.91 Å². The van der Waals surface area contributed by atoms with Gasteiger partial charge < -0.3 is 14.5 Å². The highest BCUT2D eigenvalue weighted by Gasteiger charge is 2.33. The molecule has 7 heteroatoms. The van der Waals surface area contributed by atoms with Gasteiger partial charge in [0.05, 0.1) is 6.61 Å². The zero-order chi connectivity index (χ0) is 20.9. The van der Waals surface area contributed by atoms with E-state index in [1.165, 1.54) is 30.6 Å². The Hall–Kier alpha value is -1.44. The maximum atomic E-state index is 13.6. The molecule has 2 fully saturated rings. The van der Waals surface area contributed by atoms with Crippen LogP contribution in [0, 0.1) is 5.92 Å². The number of methoxy groups -OCH3 is 1. The van der Waals surface area contributed by atoms with Crippen LogP contribution in [0.4, 0.5) is 0 Å². The molecular formula is C23H39N5O2. The van der Waals surface area contributed by atoms with E-state index in [1.54, 1.807) is 7.11 Å². The van der Waals surface area contributed by atoms with Gasteiger partial charge in [-0.25, -0.2) is 0 Å². The molecule has 1 N–H and O–H groups in total. The van der Waals surface area contributed by atoms with Crippen molar-refractivity contribution < 1.29 is 9.53 Å². The topological polar surface area (TPSA) is 64.7 Å². The largest absolute Gasteiger partial charge is 0.383 e. The van der Waals surface area contributed by atoms with Gasteiger partial charge in [-0.3, -0.25) is 14.8 Å². The highest BCUT2D eigenvalue weighted by atomic mass is 16.5. The van der Waals surface area contributed by atoms with Crippen molar-refractivity contribution >= 4 is 5.91 Å². The number of carbonyl (C=O) groups is 1. The predicted molar refractivity (Wildman–Crippen MR) is 118 cm³/mol. The predicted octanol–water partition coefficient (Wildman–Crippen LogP) is 2.18. The molecule has 1 aromatic rings. The van der Waals surface area contributed by atoms with Gasteiger partial charge in [-0.2, -0.15) is 5.10 Å². The first-order valence-electron chi connectivity index (χ1n) is 12.0. The Balaban J connectivity index is 1.43. The van der Waals surface area contributed by atoms with Crippen molar-refractivity contribution in [2.45, 2.75) is 57.9 Å². The molecule has 1 aliphatic carbocycles. The summed E-state index contributed by atoms with van der Waals surface area (Å²) in [5.74, 6) is 0.732. The number of fused-ring (bicyclic) bond motifs is 1. The van der Waals surface area contributed by atoms with E-state index in [9.17, 15) is 4.79 Å². The third-order valence-corrected chi connectivity index (χ3v) is 7.43. The van der Waals surface area contributed by atoms with Crippen molar-refractivity contribution in [3.8, 4) is 0 Å². The number of nitrogens with one attached hydrogen (secondary N) is 1. The normalized spacial score (nSPS) is 23.2. The van der Waals surface area contributed by atoms with E-state index in [-0.39, 0.29) is 5.91 Å². The summed E-state index contributed by atoms with van der Waals surface area (Å²) >= 11 is 0. The fraction of sp³-hybridized carbons (Fsp3) is 0.826. The summed E-state index contributed by atoms with van der Waals surface area (Å²) in [5, 5.41) is 7.60. The van der Waals surface area contributed by atoms with Gasteiger partial charge in [0.2, 0.25) is 0 Å². The zero-order valence-electron chi connectivity index (χ0n) is 18.9. The molecule has 3 aliphatic rings. The Morgan fingerprint density at radius 1 is 1.17 bits per heavy atom. The molecule has 0 aromatic carbocycles. The Morgan fingerprint density at radius 2 is 2.00 bits per heavy atom. The van der Waals surface area contributed by atoms with E-state index in [1.807, 2.05) is 0 Å². The molecule has 1 unspecified atom stereocenters. The quantitative estimate of drug-likeness (QED) is 0.667. The van der Waals surface area contributed by atoms with Crippen LogP contribution >= 0.6 is 0 Å². The number of aromatic nitrogens is 2. The second-order valence-corrected chi connectivity index (χ2v) is 9.30. The zero-order valence-corrected chi connectivity index (χ0v) is 18.9. The van der Waals surface area contributed by atoms with Gasteiger partial charge >= 0.3 is 0 Å². The van der Waals surface area contributed by atoms with Crippen LogP contribution < -0.4 is 0 Å². The molecule has 0 bridgehead atoms. The minimum atomic E-state index is 0.152. The Bertz CT molecular complexity index is 698. The van der Waals surface area contributed by atoms with Crippen molar-refractivity contribution in [1.82, 2.24) is 24.9 Å². The molecule has 1 amide bonds. The molecule has 2 aliphatic heterocycles. The lowest BCUT2D eigenvalue weighted by Gasteiger charge is -2.36. The number of H-pyrrole nitrogens is 1. The Kier molecular flexibility index (Phi) is 7.44. The second kappa shape index (κ2) is 10.2. The van der Waals surface area contributed by atoms with E-state index >= 15 is 0 Å². The molecular weight excluding hydrogens is 378 g/mol. The van der Waals surface area contributed by atoms with Gasteiger partial charge in [-0.1, -0.05) is 6.92 Å². The number of carbonyl (C=O) groups excluding carboxylic acids is 1. The molecule has 7 nitrogen and oxygen atoms in total. The summed E-state index contributed by atoms with van der Waals surface area (Å²) < 4.78 is 5.23. The first-order valence-corrected chi connectivity index (χ1v) is 12.0. The van der Waals surface area contributed by atoms with E-state index in [0.29, 0.717) is 17.7 Å². The second-order valence-electron chi connectivity index (χ2n) is 9.30. The average molecular weight is 418 g/mol. The summed E-state index contributed by atoms with van der Waals surface area (Å²) in [6, 6.07) is 0.493. The van der Waals surface area contributed by atoms with E-state index in [0.717, 1.165) is 78.0 Å². The van der Waals surface area contributed by atoms with Crippen molar-refractivity contribution in [3.05, 3.63) is 17.0 Å². The fourth-order valence-electron chi connectivity index (χ4n) is 5.58. The average Bonchev–Trinajstić information content (AvgIpc) is 3.49. The fourth-order valence-corrected chi connectivity index (χ4v) is 5.58. The number of ether oxygens (including phenoxy) is 1. The number of aryl methyl sites for hydroxylation is 1. The molecule has 0 spiro atoms. The number of piperidine rings is 1. The lowest BCUT2D eigenvalue weighted by atomic mass is 9.95. The summed E-state index contributed by atoms with van der Waals surface area (Å²) in [4.78, 5) is 20.8. The van der Waals surface area contributed by atoms with Gasteiger partial charge in [-0.15, -0.1) is 0 Å². The van der Waals surface area contributed by atoms with Gasteiger partial charge in [0.15, 0.2) is 5.69 Å². The van der Waals surface area contributed by atoms with Gasteiger partial charge in [0, 0.05) is 44.0 Å². The maximum Gasteiger partial charge on any atom is 0.274 e. The molecule has 0 radical (unpaired) electrons. The molecule has 4 rings (SSSR count). The van der Waals surface area contributed by atoms with Crippen molar-refractivity contribution in [2.75, 3.05) is 59.5 Å². The van der Waals surface area contributed by atoms with Crippen LogP contribution in [0.1, 0.15) is 60.8 Å². The highest BCUT2D eigenvalue weighted by molar-refractivity contribution is 5.94. The first kappa shape index (κ1) is 21.8. The first-order chi connectivity index (χ1) is 14.7. The van der Waals surface area contributed by atoms with Crippen LogP contribution in [0.3, 0.4) is 0 Å². The van der Waals surface area contributed by atoms with Crippen LogP contribution in [0.25, 0.3) is 0 Å². The molecule has 168 valence electrons. The number of likely N-dealkylation sites (tertiary alicyclic amines) is 2. The Labute approximate surface area is 181 Å². The molecule has 3 heterocycles. The van der Waals surface area contributed by atoms with E-state index in [4.69, 9.17) is 4.74 Å². The number of hydrogen-bond acceptors (Lipinski definition) is 5. The Morgan fingerprint density at radius 3 is 2.77 bits per heavy atom. The monoisotopic (exact) mass is 417 g/mol. The van der Waals surface area contributed by atoms with Crippen molar-refractivity contribution in [1.29, 1.82) is 0 Å². The van der Waals surface area contributed by atoms with Gasteiger partial charge in [0.1, 0.15) is 0 Å². The molecule has 1 aromatic heterocycles. The number of rotatable bonds is 9. The van der Waals surface area contributed by atoms with Crippen LogP contribution in [0.15, 0.2) is 0 Å². The standard InChI is InChI=1S/C23H39N5O2/c1-3-27-11-5-6-19(27)17-28(16-18-9-12-26(13-10-18)14-15-30-2)23(29)22-20-7-4-8-21(20)24-25-22/h18-19H,3-17H2,1-2H3,(H,24,25). The molecule has 2 saturated heterocycles. The summed E-state index contributed by atoms with van der Waals surface area (Å²) in [5.41, 5.74) is 3.06. The number of likely N-dealkylation sites (N-methyl/N-ethyl adjacent to an activating group) is 1. The minimum absolute atomic E-state index is 0.152. The minimum Gasteiger partial charge on any atom is -0.383 e. The third-order valence-electron chi connectivity index (χ3n) is 7.43. The lowest BCUT2D eigenvalue weighted by molar-refractivity contribution is 0.0610. The molecule has 30 heavy (non-hydrogen) atoms. The molecule has 0 saturated carbocycles. The summed E-state index contributed by atoms with van der Waals surface area (Å²) in [7, 11) is 1.77. The van der Waals surface area contributed by atoms with Crippen LogP contribution in [0.5, 0.6) is 0 Å². The maximum absolute atomic E-state index is 13.6. The number of nitrogens with zero attached hydrogens (tertiary/aromatic N) is 4. The third kappa shape index (κ3) is 4.89. The van der Waals surface area contributed by atoms with Crippen molar-refractivity contribution in [2.24, 2.45) is 5.92 Å². The molecule has 1 atom stereocenters. The summed E-state index contributed by atoms with van der Waals surface area (Å²) in [6.45, 7) is 10.2. The van der Waals surface area contributed by atoms with Crippen LogP contribution in [0.2, 0.25) is 0 Å².